The van der Waals surface area contributed by atoms with E-state index in [4.69, 9.17) is 0 Å². The Kier molecular flexibility index (Phi) is 6.64. The summed E-state index contributed by atoms with van der Waals surface area (Å²) in [6.07, 6.45) is -0.912. The number of rotatable bonds is 6. The molecule has 0 saturated carbocycles. The normalized spacial score (nSPS) is 13.3. The van der Waals surface area contributed by atoms with Crippen molar-refractivity contribution in [1.82, 2.24) is 10.3 Å². The van der Waals surface area contributed by atoms with Crippen LogP contribution in [0.2, 0.25) is 0 Å². The molecular formula is C20H18F3N3O2S. The molecule has 29 heavy (non-hydrogen) atoms. The van der Waals surface area contributed by atoms with Crippen molar-refractivity contribution >= 4 is 17.7 Å². The second-order valence-electron chi connectivity index (χ2n) is 6.49. The number of hydrogen-bond acceptors (Lipinski definition) is 5. The minimum absolute atomic E-state index is 0.00274. The Balaban J connectivity index is 1.60. The molecule has 1 amide bonds. The summed E-state index contributed by atoms with van der Waals surface area (Å²) in [6, 6.07) is 9.59. The van der Waals surface area contributed by atoms with E-state index in [0.717, 1.165) is 48.7 Å². The molecule has 1 aromatic heterocycles. The summed E-state index contributed by atoms with van der Waals surface area (Å²) in [5, 5.41) is 12.4. The standard InChI is InChI=1S/C20H18F3N3O2S/c21-20(22,23)28-17-8-4-2-6-14(17)11-25-18(27)12-29-19-15(10-24)9-13-5-1-3-7-16(13)26-19/h2,4,6,8-9H,1,3,5,7,11-12H2,(H,25,27). The molecule has 1 aliphatic carbocycles. The van der Waals surface area contributed by atoms with Gasteiger partial charge in [-0.2, -0.15) is 5.26 Å². The Labute approximate surface area is 170 Å². The number of aryl methyl sites for hydroxylation is 2. The molecule has 0 saturated heterocycles. The van der Waals surface area contributed by atoms with E-state index in [2.05, 4.69) is 21.1 Å². The number of thioether (sulfide) groups is 1. The lowest BCUT2D eigenvalue weighted by Crippen LogP contribution is -2.26. The number of nitrogens with zero attached hydrogens (tertiary/aromatic N) is 2. The third kappa shape index (κ3) is 5.87. The number of benzene rings is 1. The lowest BCUT2D eigenvalue weighted by Gasteiger charge is -2.16. The van der Waals surface area contributed by atoms with Gasteiger partial charge in [0.05, 0.1) is 11.3 Å². The number of hydrogen-bond donors (Lipinski definition) is 1. The molecule has 0 unspecified atom stereocenters. The molecule has 1 heterocycles. The number of pyridine rings is 1. The van der Waals surface area contributed by atoms with Crippen molar-refractivity contribution < 1.29 is 22.7 Å². The molecule has 2 aromatic rings. The molecule has 0 aliphatic heterocycles. The van der Waals surface area contributed by atoms with Crippen LogP contribution < -0.4 is 10.1 Å². The first kappa shape index (κ1) is 21.0. The van der Waals surface area contributed by atoms with Crippen LogP contribution in [0.4, 0.5) is 13.2 Å². The molecule has 0 spiro atoms. The topological polar surface area (TPSA) is 75.0 Å². The van der Waals surface area contributed by atoms with Gasteiger partial charge in [-0.3, -0.25) is 4.79 Å². The minimum atomic E-state index is -4.80. The number of alkyl halides is 3. The van der Waals surface area contributed by atoms with Crippen molar-refractivity contribution in [2.24, 2.45) is 0 Å². The van der Waals surface area contributed by atoms with Gasteiger partial charge in [-0.15, -0.1) is 13.2 Å². The lowest BCUT2D eigenvalue weighted by molar-refractivity contribution is -0.274. The van der Waals surface area contributed by atoms with Gasteiger partial charge in [0.2, 0.25) is 5.91 Å². The highest BCUT2D eigenvalue weighted by Crippen LogP contribution is 2.28. The van der Waals surface area contributed by atoms with Gasteiger partial charge in [-0.05, 0) is 43.4 Å². The SMILES string of the molecule is N#Cc1cc2c(nc1SCC(=O)NCc1ccccc1OC(F)(F)F)CCCC2. The maximum absolute atomic E-state index is 12.5. The molecule has 152 valence electrons. The van der Waals surface area contributed by atoms with E-state index >= 15 is 0 Å². The number of nitriles is 1. The molecule has 5 nitrogen and oxygen atoms in total. The quantitative estimate of drug-likeness (QED) is 0.710. The zero-order chi connectivity index (χ0) is 20.9. The Morgan fingerprint density at radius 2 is 2.03 bits per heavy atom. The zero-order valence-corrected chi connectivity index (χ0v) is 16.2. The summed E-state index contributed by atoms with van der Waals surface area (Å²) in [4.78, 5) is 16.7. The zero-order valence-electron chi connectivity index (χ0n) is 15.4. The first-order valence-electron chi connectivity index (χ1n) is 9.02. The van der Waals surface area contributed by atoms with E-state index in [1.54, 1.807) is 6.07 Å². The third-order valence-electron chi connectivity index (χ3n) is 4.40. The average Bonchev–Trinajstić information content (AvgIpc) is 2.69. The largest absolute Gasteiger partial charge is 0.573 e. The Bertz CT molecular complexity index is 942. The van der Waals surface area contributed by atoms with Gasteiger partial charge >= 0.3 is 6.36 Å². The van der Waals surface area contributed by atoms with E-state index in [1.165, 1.54) is 18.2 Å². The summed E-state index contributed by atoms with van der Waals surface area (Å²) >= 11 is 1.15. The van der Waals surface area contributed by atoms with Crippen molar-refractivity contribution in [2.75, 3.05) is 5.75 Å². The molecular weight excluding hydrogens is 403 g/mol. The predicted molar refractivity (Wildman–Crippen MR) is 101 cm³/mol. The average molecular weight is 421 g/mol. The van der Waals surface area contributed by atoms with Gasteiger partial charge in [0.15, 0.2) is 0 Å². The van der Waals surface area contributed by atoms with Crippen LogP contribution in [-0.4, -0.2) is 23.0 Å². The summed E-state index contributed by atoms with van der Waals surface area (Å²) in [7, 11) is 0. The highest BCUT2D eigenvalue weighted by molar-refractivity contribution is 8.00. The van der Waals surface area contributed by atoms with E-state index in [0.29, 0.717) is 10.6 Å². The monoisotopic (exact) mass is 421 g/mol. The lowest BCUT2D eigenvalue weighted by atomic mass is 9.95. The number of amides is 1. The van der Waals surface area contributed by atoms with Crippen LogP contribution in [-0.2, 0) is 24.2 Å². The van der Waals surface area contributed by atoms with Crippen LogP contribution in [0.1, 0.15) is 35.2 Å². The van der Waals surface area contributed by atoms with Crippen LogP contribution in [0, 0.1) is 11.3 Å². The number of fused-ring (bicyclic) bond motifs is 1. The first-order valence-corrected chi connectivity index (χ1v) is 10.0. The molecule has 1 aliphatic rings. The summed E-state index contributed by atoms with van der Waals surface area (Å²) in [5.41, 5.74) is 2.71. The minimum Gasteiger partial charge on any atom is -0.405 e. The van der Waals surface area contributed by atoms with Crippen LogP contribution in [0.5, 0.6) is 5.75 Å². The van der Waals surface area contributed by atoms with Crippen LogP contribution in [0.3, 0.4) is 0 Å². The van der Waals surface area contributed by atoms with Crippen molar-refractivity contribution in [3.8, 4) is 11.8 Å². The van der Waals surface area contributed by atoms with Crippen LogP contribution in [0.25, 0.3) is 0 Å². The fourth-order valence-corrected chi connectivity index (χ4v) is 3.86. The molecule has 0 radical (unpaired) electrons. The highest BCUT2D eigenvalue weighted by atomic mass is 32.2. The highest BCUT2D eigenvalue weighted by Gasteiger charge is 2.32. The van der Waals surface area contributed by atoms with Crippen molar-refractivity contribution in [3.05, 3.63) is 52.7 Å². The molecule has 0 bridgehead atoms. The third-order valence-corrected chi connectivity index (χ3v) is 5.39. The maximum Gasteiger partial charge on any atom is 0.573 e. The van der Waals surface area contributed by atoms with Gasteiger partial charge < -0.3 is 10.1 Å². The van der Waals surface area contributed by atoms with E-state index in [-0.39, 0.29) is 29.5 Å². The number of ether oxygens (including phenoxy) is 1. The molecule has 0 atom stereocenters. The Morgan fingerprint density at radius 1 is 1.28 bits per heavy atom. The number of carbonyl (C=O) groups excluding carboxylic acids is 1. The number of carbonyl (C=O) groups is 1. The van der Waals surface area contributed by atoms with Gasteiger partial charge in [0, 0.05) is 17.8 Å². The van der Waals surface area contributed by atoms with Gasteiger partial charge in [-0.1, -0.05) is 30.0 Å². The molecule has 3 rings (SSSR count). The number of nitrogens with one attached hydrogen (secondary N) is 1. The summed E-state index contributed by atoms with van der Waals surface area (Å²) in [6.45, 7) is -0.103. The van der Waals surface area contributed by atoms with Gasteiger partial charge in [0.25, 0.3) is 0 Å². The number of halogens is 3. The molecule has 9 heteroatoms. The van der Waals surface area contributed by atoms with Gasteiger partial charge in [-0.25, -0.2) is 4.98 Å². The second kappa shape index (κ2) is 9.18. The van der Waals surface area contributed by atoms with Crippen molar-refractivity contribution in [1.29, 1.82) is 5.26 Å². The van der Waals surface area contributed by atoms with Gasteiger partial charge in [0.1, 0.15) is 16.8 Å². The van der Waals surface area contributed by atoms with Crippen molar-refractivity contribution in [3.63, 3.8) is 0 Å². The predicted octanol–water partition coefficient (Wildman–Crippen LogP) is 4.14. The molecule has 1 aromatic carbocycles. The van der Waals surface area contributed by atoms with Crippen LogP contribution >= 0.6 is 11.8 Å². The fraction of sp³-hybridized carbons (Fsp3) is 0.350. The Morgan fingerprint density at radius 3 is 2.79 bits per heavy atom. The smallest absolute Gasteiger partial charge is 0.405 e. The van der Waals surface area contributed by atoms with E-state index in [1.807, 2.05) is 6.07 Å². The first-order chi connectivity index (χ1) is 13.9. The fourth-order valence-electron chi connectivity index (χ4n) is 3.06. The Hall–Kier alpha value is -2.73. The van der Waals surface area contributed by atoms with E-state index in [9.17, 15) is 23.2 Å². The maximum atomic E-state index is 12.5. The second-order valence-corrected chi connectivity index (χ2v) is 7.45. The summed E-state index contributed by atoms with van der Waals surface area (Å²) in [5.74, 6) is -0.723. The number of para-hydroxylation sites is 1. The van der Waals surface area contributed by atoms with Crippen LogP contribution in [0.15, 0.2) is 35.4 Å². The summed E-state index contributed by atoms with van der Waals surface area (Å²) < 4.78 is 41.4. The molecule has 1 N–H and O–H groups in total. The van der Waals surface area contributed by atoms with E-state index < -0.39 is 6.36 Å². The molecule has 0 fully saturated rings. The van der Waals surface area contributed by atoms with Crippen molar-refractivity contribution in [2.45, 2.75) is 43.6 Å². The number of aromatic nitrogens is 1.